The molecule has 1 aliphatic heterocycles. The average molecular weight is 592 g/mol. The fourth-order valence-electron chi connectivity index (χ4n) is 5.71. The topological polar surface area (TPSA) is 133 Å². The van der Waals surface area contributed by atoms with Crippen LogP contribution in [0.15, 0.2) is 24.4 Å². The van der Waals surface area contributed by atoms with Crippen LogP contribution in [0.1, 0.15) is 72.8 Å². The second kappa shape index (κ2) is 13.3. The van der Waals surface area contributed by atoms with Gasteiger partial charge >= 0.3 is 6.09 Å². The van der Waals surface area contributed by atoms with E-state index in [9.17, 15) is 9.59 Å². The third-order valence-corrected chi connectivity index (χ3v) is 8.29. The van der Waals surface area contributed by atoms with Crippen LogP contribution in [0, 0.1) is 6.92 Å². The molecule has 43 heavy (non-hydrogen) atoms. The molecule has 230 valence electrons. The highest BCUT2D eigenvalue weighted by Crippen LogP contribution is 2.35. The van der Waals surface area contributed by atoms with Crippen molar-refractivity contribution in [3.05, 3.63) is 46.9 Å². The zero-order valence-corrected chi connectivity index (χ0v) is 25.6. The maximum Gasteiger partial charge on any atom is 0.407 e. The number of rotatable bonds is 11. The Morgan fingerprint density at radius 2 is 1.91 bits per heavy atom. The molecule has 0 unspecified atom stereocenters. The van der Waals surface area contributed by atoms with E-state index < -0.39 is 6.09 Å². The van der Waals surface area contributed by atoms with Crippen molar-refractivity contribution in [1.82, 2.24) is 30.0 Å². The Morgan fingerprint density at radius 1 is 1.12 bits per heavy atom. The number of carbonyl (C=O) groups excluding carboxylic acids is 2. The predicted octanol–water partition coefficient (Wildman–Crippen LogP) is 4.61. The van der Waals surface area contributed by atoms with Crippen LogP contribution in [0.2, 0.25) is 0 Å². The second-order valence-electron chi connectivity index (χ2n) is 11.1. The molecule has 0 radical (unpaired) electrons. The molecule has 2 aromatic heterocycles. The summed E-state index contributed by atoms with van der Waals surface area (Å²) in [5.41, 5.74) is 4.20. The summed E-state index contributed by atoms with van der Waals surface area (Å²) in [6.45, 7) is 5.08. The molecule has 0 bridgehead atoms. The normalized spacial score (nSPS) is 17.9. The van der Waals surface area contributed by atoms with Crippen molar-refractivity contribution in [3.8, 4) is 22.8 Å². The highest BCUT2D eigenvalue weighted by atomic mass is 16.5. The third-order valence-electron chi connectivity index (χ3n) is 8.29. The van der Waals surface area contributed by atoms with Crippen molar-refractivity contribution in [3.63, 3.8) is 0 Å². The number of amides is 2. The summed E-state index contributed by atoms with van der Waals surface area (Å²) >= 11 is 0. The molecule has 5 rings (SSSR count). The fraction of sp³-hybridized carbons (Fsp3) is 0.516. The number of hydrogen-bond acceptors (Lipinski definition) is 9. The zero-order chi connectivity index (χ0) is 30.5. The van der Waals surface area contributed by atoms with Crippen LogP contribution in [-0.2, 0) is 24.9 Å². The Balaban J connectivity index is 1.43. The van der Waals surface area contributed by atoms with Gasteiger partial charge in [0.25, 0.3) is 5.91 Å². The van der Waals surface area contributed by atoms with Crippen molar-refractivity contribution >= 4 is 17.9 Å². The number of alkyl carbamates (subject to hydrolysis) is 1. The second-order valence-corrected chi connectivity index (χ2v) is 11.1. The molecule has 2 amide bonds. The van der Waals surface area contributed by atoms with E-state index in [1.54, 1.807) is 30.0 Å². The lowest BCUT2D eigenvalue weighted by Gasteiger charge is -2.32. The molecule has 2 atom stereocenters. The fourth-order valence-corrected chi connectivity index (χ4v) is 5.71. The van der Waals surface area contributed by atoms with Crippen LogP contribution < -0.4 is 20.1 Å². The van der Waals surface area contributed by atoms with Gasteiger partial charge < -0.3 is 29.7 Å². The summed E-state index contributed by atoms with van der Waals surface area (Å²) in [4.78, 5) is 37.8. The maximum atomic E-state index is 13.9. The monoisotopic (exact) mass is 591 g/mol. The highest BCUT2D eigenvalue weighted by molar-refractivity contribution is 6.03. The summed E-state index contributed by atoms with van der Waals surface area (Å²) in [5.74, 6) is 1.60. The SMILES string of the molecule is CCCCOC(=O)N[C@H]1CCCC[C@H]1Nc1nc2c(c(-c3cnn(C)c3C)n1)C(=O)N(Cc1ccc(OC)cc1OC)C2. The molecular weight excluding hydrogens is 550 g/mol. The van der Waals surface area contributed by atoms with Gasteiger partial charge in [-0.1, -0.05) is 26.2 Å². The molecule has 1 fully saturated rings. The van der Waals surface area contributed by atoms with Gasteiger partial charge in [0.1, 0.15) is 11.5 Å². The summed E-state index contributed by atoms with van der Waals surface area (Å²) in [6, 6.07) is 5.37. The molecule has 12 nitrogen and oxygen atoms in total. The molecule has 0 spiro atoms. The predicted molar refractivity (Wildman–Crippen MR) is 161 cm³/mol. The van der Waals surface area contributed by atoms with Crippen molar-refractivity contribution in [2.75, 3.05) is 26.1 Å². The van der Waals surface area contributed by atoms with Crippen LogP contribution in [0.4, 0.5) is 10.7 Å². The summed E-state index contributed by atoms with van der Waals surface area (Å²) in [7, 11) is 5.07. The van der Waals surface area contributed by atoms with Crippen LogP contribution >= 0.6 is 0 Å². The van der Waals surface area contributed by atoms with Gasteiger partial charge in [0.15, 0.2) is 0 Å². The van der Waals surface area contributed by atoms with Crippen molar-refractivity contribution < 1.29 is 23.8 Å². The van der Waals surface area contributed by atoms with Gasteiger partial charge in [-0.3, -0.25) is 9.48 Å². The Hall–Kier alpha value is -4.35. The number of fused-ring (bicyclic) bond motifs is 1. The van der Waals surface area contributed by atoms with Crippen LogP contribution in [0.25, 0.3) is 11.3 Å². The van der Waals surface area contributed by atoms with Gasteiger partial charge in [0.05, 0.1) is 63.1 Å². The Kier molecular flexibility index (Phi) is 9.32. The number of carbonyl (C=O) groups is 2. The van der Waals surface area contributed by atoms with E-state index in [1.165, 1.54) is 0 Å². The maximum absolute atomic E-state index is 13.9. The van der Waals surface area contributed by atoms with Crippen molar-refractivity contribution in [2.45, 2.75) is 77.5 Å². The summed E-state index contributed by atoms with van der Waals surface area (Å²) in [6.07, 6.45) is 6.85. The molecule has 1 aromatic carbocycles. The zero-order valence-electron chi connectivity index (χ0n) is 25.6. The number of aromatic nitrogens is 4. The minimum Gasteiger partial charge on any atom is -0.497 e. The van der Waals surface area contributed by atoms with E-state index in [-0.39, 0.29) is 18.0 Å². The van der Waals surface area contributed by atoms with E-state index in [2.05, 4.69) is 22.7 Å². The molecular formula is C31H41N7O5. The smallest absolute Gasteiger partial charge is 0.407 e. The number of benzene rings is 1. The minimum absolute atomic E-state index is 0.0786. The average Bonchev–Trinajstić information content (AvgIpc) is 3.51. The van der Waals surface area contributed by atoms with Gasteiger partial charge in [-0.15, -0.1) is 0 Å². The van der Waals surface area contributed by atoms with Gasteiger partial charge in [-0.2, -0.15) is 5.10 Å². The lowest BCUT2D eigenvalue weighted by Crippen LogP contribution is -2.49. The van der Waals surface area contributed by atoms with E-state index in [0.717, 1.165) is 55.3 Å². The van der Waals surface area contributed by atoms with Crippen LogP contribution in [0.5, 0.6) is 11.5 Å². The number of anilines is 1. The molecule has 1 saturated carbocycles. The van der Waals surface area contributed by atoms with E-state index >= 15 is 0 Å². The lowest BCUT2D eigenvalue weighted by atomic mass is 9.90. The van der Waals surface area contributed by atoms with Crippen LogP contribution in [-0.4, -0.2) is 69.6 Å². The van der Waals surface area contributed by atoms with Gasteiger partial charge in [0, 0.05) is 36.0 Å². The van der Waals surface area contributed by atoms with Gasteiger partial charge in [0.2, 0.25) is 5.95 Å². The number of hydrogen-bond donors (Lipinski definition) is 2. The molecule has 3 heterocycles. The first kappa shape index (κ1) is 30.1. The largest absolute Gasteiger partial charge is 0.497 e. The Bertz CT molecular complexity index is 1470. The highest BCUT2D eigenvalue weighted by Gasteiger charge is 2.36. The lowest BCUT2D eigenvalue weighted by molar-refractivity contribution is 0.0765. The van der Waals surface area contributed by atoms with Crippen molar-refractivity contribution in [2.24, 2.45) is 7.05 Å². The van der Waals surface area contributed by atoms with E-state index in [0.29, 0.717) is 54.1 Å². The van der Waals surface area contributed by atoms with Gasteiger partial charge in [-0.05, 0) is 38.3 Å². The number of nitrogens with zero attached hydrogens (tertiary/aromatic N) is 5. The Labute approximate surface area is 252 Å². The minimum atomic E-state index is -0.399. The van der Waals surface area contributed by atoms with Crippen molar-refractivity contribution in [1.29, 1.82) is 0 Å². The number of aryl methyl sites for hydroxylation is 1. The number of nitrogens with one attached hydrogen (secondary N) is 2. The number of methoxy groups -OCH3 is 2. The summed E-state index contributed by atoms with van der Waals surface area (Å²) < 4.78 is 18.0. The van der Waals surface area contributed by atoms with Crippen LogP contribution in [0.3, 0.4) is 0 Å². The number of ether oxygens (including phenoxy) is 3. The molecule has 2 aliphatic rings. The number of unbranched alkanes of at least 4 members (excludes halogenated alkanes) is 1. The standard InChI is InChI=1S/C31H41N7O5/c1-6-7-14-43-31(40)35-24-11-9-8-10-23(24)33-30-34-25-18-38(17-20-12-13-21(41-4)15-26(20)42-5)29(39)27(25)28(36-30)22-16-32-37(3)19(22)2/h12-13,15-16,23-24H,6-11,14,17-18H2,1-5H3,(H,35,40)(H,33,34,36)/t23-,24+/m1/s1. The Morgan fingerprint density at radius 3 is 2.60 bits per heavy atom. The first-order valence-corrected chi connectivity index (χ1v) is 14.9. The molecule has 12 heteroatoms. The third kappa shape index (κ3) is 6.52. The quantitative estimate of drug-likeness (QED) is 0.307. The first-order valence-electron chi connectivity index (χ1n) is 14.9. The van der Waals surface area contributed by atoms with Gasteiger partial charge in [-0.25, -0.2) is 14.8 Å². The summed E-state index contributed by atoms with van der Waals surface area (Å²) in [5, 5.41) is 11.0. The molecule has 3 aromatic rings. The molecule has 2 N–H and O–H groups in total. The van der Waals surface area contributed by atoms with E-state index in [4.69, 9.17) is 24.2 Å². The first-order chi connectivity index (χ1) is 20.8. The molecule has 0 saturated heterocycles. The van der Waals surface area contributed by atoms with E-state index in [1.807, 2.05) is 32.2 Å². The molecule has 1 aliphatic carbocycles.